The Morgan fingerprint density at radius 2 is 2.26 bits per heavy atom. The van der Waals surface area contributed by atoms with Crippen molar-refractivity contribution in [3.8, 4) is 0 Å². The van der Waals surface area contributed by atoms with Gasteiger partial charge in [-0.25, -0.2) is 9.78 Å². The average molecular weight is 283 g/mol. The number of likely N-dealkylation sites (tertiary alicyclic amines) is 1. The lowest BCUT2D eigenvalue weighted by Crippen LogP contribution is -2.60. The maximum absolute atomic E-state index is 11.7. The van der Waals surface area contributed by atoms with Crippen LogP contribution in [0, 0.1) is 6.92 Å². The fraction of sp³-hybridized carbons (Fsp3) is 0.692. The molecule has 1 amide bonds. The van der Waals surface area contributed by atoms with E-state index in [0.717, 1.165) is 11.6 Å². The standard InChI is InChI=1S/C13H21N3O2S/c1-9-5-15-11(19-9)6-14-10-7-16(8-10)12(17)18-13(2,3)4/h5,10,14H,6-8H2,1-4H3. The summed E-state index contributed by atoms with van der Waals surface area (Å²) in [5.74, 6) is 0. The molecule has 0 aliphatic carbocycles. The molecule has 0 saturated carbocycles. The third kappa shape index (κ3) is 4.18. The molecule has 0 unspecified atom stereocenters. The molecule has 0 radical (unpaired) electrons. The van der Waals surface area contributed by atoms with Gasteiger partial charge in [-0.3, -0.25) is 0 Å². The second-order valence-corrected chi connectivity index (χ2v) is 7.15. The summed E-state index contributed by atoms with van der Waals surface area (Å²) in [6.45, 7) is 9.88. The van der Waals surface area contributed by atoms with E-state index in [1.165, 1.54) is 4.88 Å². The van der Waals surface area contributed by atoms with Crippen LogP contribution in [-0.2, 0) is 11.3 Å². The third-order valence-corrected chi connectivity index (χ3v) is 3.66. The quantitative estimate of drug-likeness (QED) is 0.923. The van der Waals surface area contributed by atoms with Crippen molar-refractivity contribution in [1.82, 2.24) is 15.2 Å². The smallest absolute Gasteiger partial charge is 0.410 e. The zero-order valence-corrected chi connectivity index (χ0v) is 12.7. The molecule has 1 aromatic rings. The first kappa shape index (κ1) is 14.3. The van der Waals surface area contributed by atoms with Gasteiger partial charge in [0.1, 0.15) is 10.6 Å². The highest BCUT2D eigenvalue weighted by Crippen LogP contribution is 2.16. The van der Waals surface area contributed by atoms with Crippen LogP contribution in [-0.4, -0.2) is 40.7 Å². The van der Waals surface area contributed by atoms with Crippen LogP contribution in [0.15, 0.2) is 6.20 Å². The molecule has 6 heteroatoms. The van der Waals surface area contributed by atoms with Crippen molar-refractivity contribution in [2.24, 2.45) is 0 Å². The van der Waals surface area contributed by atoms with Crippen molar-refractivity contribution in [3.05, 3.63) is 16.1 Å². The second-order valence-electron chi connectivity index (χ2n) is 5.83. The maximum Gasteiger partial charge on any atom is 0.410 e. The van der Waals surface area contributed by atoms with Crippen LogP contribution in [0.25, 0.3) is 0 Å². The minimum absolute atomic E-state index is 0.226. The van der Waals surface area contributed by atoms with E-state index in [2.05, 4.69) is 17.2 Å². The van der Waals surface area contributed by atoms with Crippen molar-refractivity contribution < 1.29 is 9.53 Å². The predicted octanol–water partition coefficient (Wildman–Crippen LogP) is 2.16. The van der Waals surface area contributed by atoms with Crippen LogP contribution in [0.1, 0.15) is 30.7 Å². The van der Waals surface area contributed by atoms with Gasteiger partial charge >= 0.3 is 6.09 Å². The van der Waals surface area contributed by atoms with Crippen molar-refractivity contribution in [2.45, 2.75) is 45.9 Å². The normalized spacial score (nSPS) is 16.3. The van der Waals surface area contributed by atoms with Gasteiger partial charge < -0.3 is 15.0 Å². The molecule has 1 saturated heterocycles. The van der Waals surface area contributed by atoms with Gasteiger partial charge in [-0.15, -0.1) is 11.3 Å². The highest BCUT2D eigenvalue weighted by atomic mass is 32.1. The Morgan fingerprint density at radius 3 is 2.79 bits per heavy atom. The zero-order valence-electron chi connectivity index (χ0n) is 11.9. The van der Waals surface area contributed by atoms with E-state index in [4.69, 9.17) is 4.74 Å². The number of ether oxygens (including phenoxy) is 1. The van der Waals surface area contributed by atoms with E-state index in [1.807, 2.05) is 27.0 Å². The molecule has 1 aliphatic rings. The molecule has 0 bridgehead atoms. The Bertz CT molecular complexity index is 447. The second kappa shape index (κ2) is 5.46. The Balaban J connectivity index is 1.67. The average Bonchev–Trinajstić information content (AvgIpc) is 2.59. The molecule has 1 fully saturated rings. The first-order chi connectivity index (χ1) is 8.83. The molecule has 5 nitrogen and oxygen atoms in total. The summed E-state index contributed by atoms with van der Waals surface area (Å²) < 4.78 is 5.30. The number of rotatable bonds is 3. The number of aryl methyl sites for hydroxylation is 1. The van der Waals surface area contributed by atoms with Crippen molar-refractivity contribution in [1.29, 1.82) is 0 Å². The van der Waals surface area contributed by atoms with E-state index in [9.17, 15) is 4.79 Å². The lowest BCUT2D eigenvalue weighted by atomic mass is 10.1. The minimum Gasteiger partial charge on any atom is -0.444 e. The van der Waals surface area contributed by atoms with Crippen molar-refractivity contribution >= 4 is 17.4 Å². The van der Waals surface area contributed by atoms with Crippen LogP contribution in [0.3, 0.4) is 0 Å². The highest BCUT2D eigenvalue weighted by Gasteiger charge is 2.33. The summed E-state index contributed by atoms with van der Waals surface area (Å²) in [7, 11) is 0. The van der Waals surface area contributed by atoms with E-state index < -0.39 is 5.60 Å². The lowest BCUT2D eigenvalue weighted by molar-refractivity contribution is 0.00519. The molecule has 1 N–H and O–H groups in total. The molecule has 2 heterocycles. The van der Waals surface area contributed by atoms with Crippen LogP contribution < -0.4 is 5.32 Å². The number of nitrogens with zero attached hydrogens (tertiary/aromatic N) is 2. The minimum atomic E-state index is -0.423. The Hall–Kier alpha value is -1.14. The molecular weight excluding hydrogens is 262 g/mol. The van der Waals surface area contributed by atoms with Gasteiger partial charge in [0, 0.05) is 36.8 Å². The number of carbonyl (C=O) groups is 1. The molecule has 1 aliphatic heterocycles. The monoisotopic (exact) mass is 283 g/mol. The number of hydrogen-bond acceptors (Lipinski definition) is 5. The maximum atomic E-state index is 11.7. The SMILES string of the molecule is Cc1cnc(CNC2CN(C(=O)OC(C)(C)C)C2)s1. The molecule has 0 aromatic carbocycles. The van der Waals surface area contributed by atoms with Gasteiger partial charge in [0.2, 0.25) is 0 Å². The summed E-state index contributed by atoms with van der Waals surface area (Å²) >= 11 is 1.70. The number of carbonyl (C=O) groups excluding carboxylic acids is 1. The summed E-state index contributed by atoms with van der Waals surface area (Å²) in [5, 5.41) is 4.49. The predicted molar refractivity (Wildman–Crippen MR) is 75.3 cm³/mol. The first-order valence-corrected chi connectivity index (χ1v) is 7.28. The highest BCUT2D eigenvalue weighted by molar-refractivity contribution is 7.11. The number of thiazole rings is 1. The van der Waals surface area contributed by atoms with E-state index in [-0.39, 0.29) is 6.09 Å². The number of nitrogens with one attached hydrogen (secondary N) is 1. The molecule has 0 atom stereocenters. The van der Waals surface area contributed by atoms with Crippen LogP contribution >= 0.6 is 11.3 Å². The van der Waals surface area contributed by atoms with Crippen molar-refractivity contribution in [2.75, 3.05) is 13.1 Å². The molecule has 106 valence electrons. The van der Waals surface area contributed by atoms with E-state index in [1.54, 1.807) is 16.2 Å². The van der Waals surface area contributed by atoms with Gasteiger partial charge in [0.15, 0.2) is 0 Å². The van der Waals surface area contributed by atoms with Gasteiger partial charge in [-0.1, -0.05) is 0 Å². The van der Waals surface area contributed by atoms with E-state index in [0.29, 0.717) is 19.1 Å². The van der Waals surface area contributed by atoms with Gasteiger partial charge in [-0.2, -0.15) is 0 Å². The zero-order chi connectivity index (χ0) is 14.0. The topological polar surface area (TPSA) is 54.5 Å². The van der Waals surface area contributed by atoms with Gasteiger partial charge in [0.05, 0.1) is 0 Å². The number of aromatic nitrogens is 1. The molecular formula is C13H21N3O2S. The van der Waals surface area contributed by atoms with Crippen molar-refractivity contribution in [3.63, 3.8) is 0 Å². The van der Waals surface area contributed by atoms with Crippen LogP contribution in [0.4, 0.5) is 4.79 Å². The number of hydrogen-bond donors (Lipinski definition) is 1. The van der Waals surface area contributed by atoms with Gasteiger partial charge in [-0.05, 0) is 27.7 Å². The number of amides is 1. The largest absolute Gasteiger partial charge is 0.444 e. The first-order valence-electron chi connectivity index (χ1n) is 6.46. The van der Waals surface area contributed by atoms with Crippen LogP contribution in [0.5, 0.6) is 0 Å². The fourth-order valence-electron chi connectivity index (χ4n) is 1.80. The Kier molecular flexibility index (Phi) is 4.10. The van der Waals surface area contributed by atoms with Crippen LogP contribution in [0.2, 0.25) is 0 Å². The third-order valence-electron chi connectivity index (χ3n) is 2.74. The summed E-state index contributed by atoms with van der Waals surface area (Å²) in [4.78, 5) is 19.0. The molecule has 2 rings (SSSR count). The summed E-state index contributed by atoms with van der Waals surface area (Å²) in [6, 6.07) is 0.344. The summed E-state index contributed by atoms with van der Waals surface area (Å²) in [6.07, 6.45) is 1.66. The Morgan fingerprint density at radius 1 is 1.58 bits per heavy atom. The molecule has 19 heavy (non-hydrogen) atoms. The van der Waals surface area contributed by atoms with Gasteiger partial charge in [0.25, 0.3) is 0 Å². The van der Waals surface area contributed by atoms with E-state index >= 15 is 0 Å². The Labute approximate surface area is 118 Å². The fourth-order valence-corrected chi connectivity index (χ4v) is 2.54. The summed E-state index contributed by atoms with van der Waals surface area (Å²) in [5.41, 5.74) is -0.423. The molecule has 0 spiro atoms. The lowest BCUT2D eigenvalue weighted by Gasteiger charge is -2.40. The molecule has 1 aromatic heterocycles.